The molecule has 1 aliphatic heterocycles. The Morgan fingerprint density at radius 3 is 2.31 bits per heavy atom. The van der Waals surface area contributed by atoms with Crippen LogP contribution in [0.4, 0.5) is 29.0 Å². The molecule has 9 nitrogen and oxygen atoms in total. The molecule has 1 aromatic carbocycles. The third kappa shape index (κ3) is 4.63. The van der Waals surface area contributed by atoms with Gasteiger partial charge in [-0.15, -0.1) is 5.53 Å². The van der Waals surface area contributed by atoms with E-state index in [1.807, 2.05) is 31.2 Å². The van der Waals surface area contributed by atoms with Gasteiger partial charge in [0.1, 0.15) is 5.69 Å². The molecule has 0 amide bonds. The minimum atomic E-state index is -0.00105. The van der Waals surface area contributed by atoms with E-state index in [1.165, 1.54) is 0 Å². The Bertz CT molecular complexity index is 835. The summed E-state index contributed by atoms with van der Waals surface area (Å²) < 4.78 is 0. The number of aromatic nitrogens is 2. The Balaban J connectivity index is 2.00. The van der Waals surface area contributed by atoms with Crippen LogP contribution in [0, 0.1) is 0 Å². The number of para-hydroxylation sites is 1. The Hall–Kier alpha value is -2.78. The largest absolute Gasteiger partial charge is 0.398 e. The standard InChI is InChI=1S/C20H33N9/c1-12(2)28-17-18(23-11-15-8-6-7-9-16(15)22)25-20(24-10-14(5)21)26-19(17)29(27-28)13(3)4/h6-9,12-14,27H,10-11,21-22H2,1-5H3,(H2,23,24,25,26). The van der Waals surface area contributed by atoms with Crippen molar-refractivity contribution in [2.45, 2.75) is 59.3 Å². The van der Waals surface area contributed by atoms with Gasteiger partial charge in [0.25, 0.3) is 0 Å². The minimum absolute atomic E-state index is 0.00105. The number of nitrogen functional groups attached to an aromatic ring is 1. The fourth-order valence-corrected chi connectivity index (χ4v) is 3.11. The molecule has 0 radical (unpaired) electrons. The van der Waals surface area contributed by atoms with Crippen LogP contribution in [-0.2, 0) is 6.54 Å². The first-order valence-corrected chi connectivity index (χ1v) is 10.1. The number of hydrogen-bond donors (Lipinski definition) is 5. The van der Waals surface area contributed by atoms with Crippen molar-refractivity contribution in [1.29, 1.82) is 0 Å². The Morgan fingerprint density at radius 2 is 1.69 bits per heavy atom. The van der Waals surface area contributed by atoms with Gasteiger partial charge in [-0.3, -0.25) is 10.0 Å². The number of nitrogens with one attached hydrogen (secondary N) is 3. The van der Waals surface area contributed by atoms with Crippen molar-refractivity contribution >= 4 is 29.0 Å². The highest BCUT2D eigenvalue weighted by atomic mass is 15.8. The predicted octanol–water partition coefficient (Wildman–Crippen LogP) is 2.29. The summed E-state index contributed by atoms with van der Waals surface area (Å²) in [5, 5.41) is 10.8. The van der Waals surface area contributed by atoms with E-state index in [4.69, 9.17) is 21.4 Å². The molecule has 0 saturated heterocycles. The summed E-state index contributed by atoms with van der Waals surface area (Å²) in [7, 11) is 0. The van der Waals surface area contributed by atoms with Crippen LogP contribution in [0.2, 0.25) is 0 Å². The number of benzene rings is 1. The molecule has 0 aliphatic carbocycles. The topological polar surface area (TPSA) is 120 Å². The summed E-state index contributed by atoms with van der Waals surface area (Å²) in [5.74, 6) is 2.12. The molecule has 0 spiro atoms. The minimum Gasteiger partial charge on any atom is -0.398 e. The van der Waals surface area contributed by atoms with Gasteiger partial charge in [-0.1, -0.05) is 18.2 Å². The molecule has 1 atom stereocenters. The second-order valence-electron chi connectivity index (χ2n) is 8.01. The Kier molecular flexibility index (Phi) is 6.29. The molecule has 9 heteroatoms. The lowest BCUT2D eigenvalue weighted by molar-refractivity contribution is 0.524. The van der Waals surface area contributed by atoms with E-state index in [0.29, 0.717) is 19.0 Å². The zero-order chi connectivity index (χ0) is 21.1. The molecule has 2 heterocycles. The third-order valence-electron chi connectivity index (χ3n) is 4.67. The van der Waals surface area contributed by atoms with E-state index < -0.39 is 0 Å². The SMILES string of the molecule is CC(N)CNc1nc(NCc2ccccc2N)c2c(n1)N(C(C)C)NN2C(C)C. The van der Waals surface area contributed by atoms with E-state index in [2.05, 4.69) is 53.9 Å². The predicted molar refractivity (Wildman–Crippen MR) is 121 cm³/mol. The monoisotopic (exact) mass is 399 g/mol. The molecule has 1 aromatic heterocycles. The number of fused-ring (bicyclic) bond motifs is 1. The summed E-state index contributed by atoms with van der Waals surface area (Å²) >= 11 is 0. The number of rotatable bonds is 8. The summed E-state index contributed by atoms with van der Waals surface area (Å²) in [6.07, 6.45) is 0. The summed E-state index contributed by atoms with van der Waals surface area (Å²) in [4.78, 5) is 9.52. The molecule has 7 N–H and O–H groups in total. The van der Waals surface area contributed by atoms with E-state index in [-0.39, 0.29) is 18.1 Å². The van der Waals surface area contributed by atoms with Crippen LogP contribution in [0.1, 0.15) is 40.2 Å². The molecule has 2 aromatic rings. The van der Waals surface area contributed by atoms with E-state index in [1.54, 1.807) is 0 Å². The van der Waals surface area contributed by atoms with E-state index in [0.717, 1.165) is 28.6 Å². The smallest absolute Gasteiger partial charge is 0.226 e. The maximum atomic E-state index is 6.12. The second-order valence-corrected chi connectivity index (χ2v) is 8.01. The van der Waals surface area contributed by atoms with Crippen molar-refractivity contribution in [2.75, 3.05) is 32.9 Å². The summed E-state index contributed by atoms with van der Waals surface area (Å²) in [6, 6.07) is 8.26. The molecule has 158 valence electrons. The molecule has 29 heavy (non-hydrogen) atoms. The first-order chi connectivity index (χ1) is 13.8. The average molecular weight is 400 g/mol. The van der Waals surface area contributed by atoms with Crippen molar-refractivity contribution < 1.29 is 0 Å². The lowest BCUT2D eigenvalue weighted by Crippen LogP contribution is -2.50. The highest BCUT2D eigenvalue weighted by Gasteiger charge is 2.34. The zero-order valence-corrected chi connectivity index (χ0v) is 17.9. The fourth-order valence-electron chi connectivity index (χ4n) is 3.11. The number of anilines is 5. The van der Waals surface area contributed by atoms with Crippen LogP contribution in [0.5, 0.6) is 0 Å². The molecule has 3 rings (SSSR count). The number of nitrogens with two attached hydrogens (primary N) is 2. The van der Waals surface area contributed by atoms with Crippen LogP contribution >= 0.6 is 0 Å². The lowest BCUT2D eigenvalue weighted by Gasteiger charge is -2.27. The summed E-state index contributed by atoms with van der Waals surface area (Å²) in [6.45, 7) is 11.6. The van der Waals surface area contributed by atoms with Gasteiger partial charge >= 0.3 is 0 Å². The van der Waals surface area contributed by atoms with Crippen LogP contribution in [0.25, 0.3) is 0 Å². The highest BCUT2D eigenvalue weighted by molar-refractivity contribution is 5.83. The normalized spacial score (nSPS) is 14.5. The average Bonchev–Trinajstić information content (AvgIpc) is 3.06. The molecule has 1 unspecified atom stereocenters. The van der Waals surface area contributed by atoms with Crippen molar-refractivity contribution in [2.24, 2.45) is 5.73 Å². The van der Waals surface area contributed by atoms with Gasteiger partial charge < -0.3 is 22.1 Å². The van der Waals surface area contributed by atoms with Gasteiger partial charge in [0, 0.05) is 36.9 Å². The lowest BCUT2D eigenvalue weighted by atomic mass is 10.2. The van der Waals surface area contributed by atoms with Crippen molar-refractivity contribution in [3.8, 4) is 0 Å². The first-order valence-electron chi connectivity index (χ1n) is 10.1. The van der Waals surface area contributed by atoms with Crippen LogP contribution in [0.3, 0.4) is 0 Å². The maximum Gasteiger partial charge on any atom is 0.226 e. The first kappa shape index (κ1) is 20.9. The fraction of sp³-hybridized carbons (Fsp3) is 0.500. The van der Waals surface area contributed by atoms with E-state index in [9.17, 15) is 0 Å². The van der Waals surface area contributed by atoms with Gasteiger partial charge in [0.2, 0.25) is 5.95 Å². The zero-order valence-electron chi connectivity index (χ0n) is 17.9. The van der Waals surface area contributed by atoms with Crippen molar-refractivity contribution in [3.63, 3.8) is 0 Å². The molecule has 1 aliphatic rings. The number of hydrazine groups is 2. The third-order valence-corrected chi connectivity index (χ3v) is 4.67. The van der Waals surface area contributed by atoms with E-state index >= 15 is 0 Å². The molecule has 0 bridgehead atoms. The van der Waals surface area contributed by atoms with Crippen molar-refractivity contribution in [3.05, 3.63) is 29.8 Å². The van der Waals surface area contributed by atoms with Gasteiger partial charge in [0.05, 0.1) is 0 Å². The van der Waals surface area contributed by atoms with Gasteiger partial charge in [0.15, 0.2) is 11.6 Å². The molecule has 0 saturated carbocycles. The summed E-state index contributed by atoms with van der Waals surface area (Å²) in [5.41, 5.74) is 18.2. The van der Waals surface area contributed by atoms with Gasteiger partial charge in [-0.05, 0) is 46.2 Å². The van der Waals surface area contributed by atoms with Crippen LogP contribution in [0.15, 0.2) is 24.3 Å². The molecular weight excluding hydrogens is 366 g/mol. The molecular formula is C20H33N9. The van der Waals surface area contributed by atoms with Crippen LogP contribution in [-0.4, -0.2) is 34.6 Å². The van der Waals surface area contributed by atoms with Gasteiger partial charge in [-0.2, -0.15) is 9.97 Å². The quantitative estimate of drug-likeness (QED) is 0.426. The number of nitrogens with zero attached hydrogens (tertiary/aromatic N) is 4. The Morgan fingerprint density at radius 1 is 1.00 bits per heavy atom. The second kappa shape index (κ2) is 8.71. The maximum absolute atomic E-state index is 6.12. The van der Waals surface area contributed by atoms with Crippen molar-refractivity contribution in [1.82, 2.24) is 15.5 Å². The van der Waals surface area contributed by atoms with Gasteiger partial charge in [-0.25, -0.2) is 0 Å². The highest BCUT2D eigenvalue weighted by Crippen LogP contribution is 2.40. The number of hydrogen-bond acceptors (Lipinski definition) is 9. The Labute approximate surface area is 172 Å². The van der Waals surface area contributed by atoms with Crippen LogP contribution < -0.4 is 37.7 Å². The molecule has 0 fully saturated rings.